The van der Waals surface area contributed by atoms with Crippen molar-refractivity contribution in [2.45, 2.75) is 6.42 Å². The minimum atomic E-state index is -1.07. The van der Waals surface area contributed by atoms with Crippen molar-refractivity contribution in [2.75, 3.05) is 39.3 Å². The normalized spacial score (nSPS) is 15.6. The number of carboxylic acid groups (broad SMARTS) is 1. The van der Waals surface area contributed by atoms with Gasteiger partial charge in [-0.25, -0.2) is 0 Å². The van der Waals surface area contributed by atoms with Gasteiger partial charge in [-0.3, -0.25) is 19.3 Å². The number of nitrogens with zero attached hydrogens (tertiary/aromatic N) is 2. The maximum Gasteiger partial charge on any atom is 0.322 e. The highest BCUT2D eigenvalue weighted by Crippen LogP contribution is 2.14. The van der Waals surface area contributed by atoms with E-state index in [1.54, 1.807) is 29.2 Å². The van der Waals surface area contributed by atoms with E-state index >= 15 is 0 Å². The van der Waals surface area contributed by atoms with E-state index in [2.05, 4.69) is 5.32 Å². The first-order chi connectivity index (χ1) is 11.5. The van der Waals surface area contributed by atoms with Gasteiger partial charge >= 0.3 is 5.97 Å². The molecule has 1 aromatic carbocycles. The first-order valence-corrected chi connectivity index (χ1v) is 8.09. The third-order valence-corrected chi connectivity index (χ3v) is 3.99. The van der Waals surface area contributed by atoms with Gasteiger partial charge in [0, 0.05) is 36.8 Å². The van der Waals surface area contributed by atoms with Gasteiger partial charge in [0.2, 0.25) is 5.91 Å². The Bertz CT molecular complexity index is 623. The monoisotopic (exact) mass is 353 g/mol. The molecule has 1 heterocycles. The zero-order valence-corrected chi connectivity index (χ0v) is 14.0. The Balaban J connectivity index is 1.87. The smallest absolute Gasteiger partial charge is 0.322 e. The van der Waals surface area contributed by atoms with Crippen molar-refractivity contribution in [1.29, 1.82) is 0 Å². The number of benzene rings is 1. The van der Waals surface area contributed by atoms with Crippen LogP contribution in [0.15, 0.2) is 24.3 Å². The van der Waals surface area contributed by atoms with Gasteiger partial charge in [-0.2, -0.15) is 0 Å². The van der Waals surface area contributed by atoms with Gasteiger partial charge in [0.05, 0.1) is 6.54 Å². The molecule has 2 amide bonds. The van der Waals surface area contributed by atoms with Crippen molar-refractivity contribution in [3.05, 3.63) is 34.9 Å². The van der Waals surface area contributed by atoms with Crippen LogP contribution in [0.4, 0.5) is 0 Å². The Morgan fingerprint density at radius 1 is 1.17 bits per heavy atom. The van der Waals surface area contributed by atoms with Crippen molar-refractivity contribution < 1.29 is 19.5 Å². The van der Waals surface area contributed by atoms with Crippen LogP contribution in [0.5, 0.6) is 0 Å². The molecule has 130 valence electrons. The molecule has 0 bridgehead atoms. The summed E-state index contributed by atoms with van der Waals surface area (Å²) in [6.07, 6.45) is 0.749. The summed E-state index contributed by atoms with van der Waals surface area (Å²) in [6.45, 7) is 2.11. The van der Waals surface area contributed by atoms with Crippen molar-refractivity contribution in [2.24, 2.45) is 0 Å². The van der Waals surface area contributed by atoms with Crippen molar-refractivity contribution >= 4 is 29.4 Å². The number of hydrogen-bond donors (Lipinski definition) is 2. The van der Waals surface area contributed by atoms with Gasteiger partial charge < -0.3 is 15.3 Å². The molecule has 1 fully saturated rings. The first-order valence-electron chi connectivity index (χ1n) is 7.71. The van der Waals surface area contributed by atoms with Gasteiger partial charge in [0.1, 0.15) is 6.54 Å². The Labute approximate surface area is 145 Å². The predicted octanol–water partition coefficient (Wildman–Crippen LogP) is 0.689. The molecule has 1 aliphatic heterocycles. The molecular formula is C16H20ClN3O4. The summed E-state index contributed by atoms with van der Waals surface area (Å²) >= 11 is 5.93. The van der Waals surface area contributed by atoms with Gasteiger partial charge in [-0.05, 0) is 24.6 Å². The molecule has 1 saturated heterocycles. The van der Waals surface area contributed by atoms with E-state index in [0.29, 0.717) is 36.8 Å². The third kappa shape index (κ3) is 5.50. The molecule has 8 heteroatoms. The fourth-order valence-electron chi connectivity index (χ4n) is 2.57. The summed E-state index contributed by atoms with van der Waals surface area (Å²) < 4.78 is 0. The second-order valence-electron chi connectivity index (χ2n) is 5.60. The van der Waals surface area contributed by atoms with Gasteiger partial charge in [-0.15, -0.1) is 0 Å². The summed E-state index contributed by atoms with van der Waals surface area (Å²) in [5.41, 5.74) is 0.551. The maximum atomic E-state index is 12.5. The van der Waals surface area contributed by atoms with Gasteiger partial charge in [0.15, 0.2) is 0 Å². The standard InChI is InChI=1S/C16H20ClN3O4/c17-13-4-1-3-12(9-13)16(24)20-6-2-5-19(7-8-20)11-14(21)18-10-15(22)23/h1,3-4,9H,2,5-8,10-11H2,(H,18,21)(H,22,23). The lowest BCUT2D eigenvalue weighted by Gasteiger charge is -2.21. The molecule has 0 saturated carbocycles. The molecule has 0 atom stereocenters. The second-order valence-corrected chi connectivity index (χ2v) is 6.04. The Morgan fingerprint density at radius 2 is 1.96 bits per heavy atom. The molecule has 0 spiro atoms. The van der Waals surface area contributed by atoms with Crippen LogP contribution in [0.25, 0.3) is 0 Å². The minimum absolute atomic E-state index is 0.0744. The molecule has 7 nitrogen and oxygen atoms in total. The lowest BCUT2D eigenvalue weighted by molar-refractivity contribution is -0.138. The summed E-state index contributed by atoms with van der Waals surface area (Å²) in [7, 11) is 0. The minimum Gasteiger partial charge on any atom is -0.480 e. The molecule has 1 aromatic rings. The van der Waals surface area contributed by atoms with Gasteiger partial charge in [-0.1, -0.05) is 17.7 Å². The van der Waals surface area contributed by atoms with E-state index in [0.717, 1.165) is 6.42 Å². The average molecular weight is 354 g/mol. The molecule has 0 unspecified atom stereocenters. The zero-order valence-electron chi connectivity index (χ0n) is 13.2. The first kappa shape index (κ1) is 18.2. The van der Waals surface area contributed by atoms with Crippen LogP contribution in [0.3, 0.4) is 0 Å². The number of rotatable bonds is 5. The largest absolute Gasteiger partial charge is 0.480 e. The highest BCUT2D eigenvalue weighted by Gasteiger charge is 2.21. The number of amides is 2. The van der Waals surface area contributed by atoms with Gasteiger partial charge in [0.25, 0.3) is 5.91 Å². The molecule has 0 radical (unpaired) electrons. The highest BCUT2D eigenvalue weighted by atomic mass is 35.5. The van der Waals surface area contributed by atoms with E-state index in [1.807, 2.05) is 4.90 Å². The number of carboxylic acids is 1. The summed E-state index contributed by atoms with van der Waals surface area (Å²) in [6, 6.07) is 6.84. The number of carbonyl (C=O) groups excluding carboxylic acids is 2. The lowest BCUT2D eigenvalue weighted by atomic mass is 10.2. The van der Waals surface area contributed by atoms with Crippen LogP contribution in [-0.4, -0.2) is 72.0 Å². The number of carbonyl (C=O) groups is 3. The molecule has 0 aromatic heterocycles. The molecular weight excluding hydrogens is 334 g/mol. The van der Waals surface area contributed by atoms with Crippen molar-refractivity contribution in [3.63, 3.8) is 0 Å². The number of hydrogen-bond acceptors (Lipinski definition) is 4. The van der Waals surface area contributed by atoms with Crippen molar-refractivity contribution in [3.8, 4) is 0 Å². The Morgan fingerprint density at radius 3 is 2.67 bits per heavy atom. The number of halogens is 1. The van der Waals surface area contributed by atoms with Crippen LogP contribution in [0.2, 0.25) is 5.02 Å². The summed E-state index contributed by atoms with van der Waals surface area (Å²) in [5.74, 6) is -1.47. The zero-order chi connectivity index (χ0) is 17.5. The Hall–Kier alpha value is -2.12. The van der Waals surface area contributed by atoms with Crippen LogP contribution in [0.1, 0.15) is 16.8 Å². The average Bonchev–Trinajstić information content (AvgIpc) is 2.78. The summed E-state index contributed by atoms with van der Waals surface area (Å²) in [4.78, 5) is 38.3. The van der Waals surface area contributed by atoms with E-state index in [4.69, 9.17) is 16.7 Å². The van der Waals surface area contributed by atoms with Crippen LogP contribution < -0.4 is 5.32 Å². The molecule has 1 aliphatic rings. The van der Waals surface area contributed by atoms with Crippen LogP contribution >= 0.6 is 11.6 Å². The number of aliphatic carboxylic acids is 1. The number of nitrogens with one attached hydrogen (secondary N) is 1. The topological polar surface area (TPSA) is 89.9 Å². The predicted molar refractivity (Wildman–Crippen MR) is 89.1 cm³/mol. The molecule has 2 rings (SSSR count). The molecule has 2 N–H and O–H groups in total. The SMILES string of the molecule is O=C(O)CNC(=O)CN1CCCN(C(=O)c2cccc(Cl)c2)CC1. The lowest BCUT2D eigenvalue weighted by Crippen LogP contribution is -2.41. The van der Waals surface area contributed by atoms with Crippen molar-refractivity contribution in [1.82, 2.24) is 15.1 Å². The highest BCUT2D eigenvalue weighted by molar-refractivity contribution is 6.30. The molecule has 0 aliphatic carbocycles. The summed E-state index contributed by atoms with van der Waals surface area (Å²) in [5, 5.41) is 11.4. The van der Waals surface area contributed by atoms with Crippen LogP contribution in [-0.2, 0) is 9.59 Å². The third-order valence-electron chi connectivity index (χ3n) is 3.75. The van der Waals surface area contributed by atoms with E-state index in [-0.39, 0.29) is 24.9 Å². The second kappa shape index (κ2) is 8.65. The van der Waals surface area contributed by atoms with E-state index in [9.17, 15) is 14.4 Å². The Kier molecular flexibility index (Phi) is 6.57. The van der Waals surface area contributed by atoms with E-state index in [1.165, 1.54) is 0 Å². The van der Waals surface area contributed by atoms with E-state index < -0.39 is 5.97 Å². The van der Waals surface area contributed by atoms with Crippen LogP contribution in [0, 0.1) is 0 Å². The molecule has 24 heavy (non-hydrogen) atoms. The quantitative estimate of drug-likeness (QED) is 0.812. The fraction of sp³-hybridized carbons (Fsp3) is 0.438. The maximum absolute atomic E-state index is 12.5. The fourth-order valence-corrected chi connectivity index (χ4v) is 2.76.